The number of aromatic nitrogens is 3. The maximum absolute atomic E-state index is 13.1. The average Bonchev–Trinajstić information content (AvgIpc) is 3.22. The second-order valence-corrected chi connectivity index (χ2v) is 7.61. The third kappa shape index (κ3) is 3.42. The van der Waals surface area contributed by atoms with E-state index in [1.54, 1.807) is 36.4 Å². The number of carbonyl (C=O) groups is 1. The summed E-state index contributed by atoms with van der Waals surface area (Å²) in [7, 11) is 0. The molecule has 0 atom stereocenters. The number of fused-ring (bicyclic) bond motifs is 1. The van der Waals surface area contributed by atoms with Crippen LogP contribution in [0.25, 0.3) is 11.0 Å². The van der Waals surface area contributed by atoms with Crippen LogP contribution in [-0.4, -0.2) is 19.9 Å². The van der Waals surface area contributed by atoms with Gasteiger partial charge < -0.3 is 0 Å². The summed E-state index contributed by atoms with van der Waals surface area (Å²) in [6.45, 7) is -0.0651. The summed E-state index contributed by atoms with van der Waals surface area (Å²) < 4.78 is 2.42. The molecule has 0 bridgehead atoms. The van der Waals surface area contributed by atoms with E-state index < -0.39 is 11.2 Å². The molecule has 1 aromatic carbocycles. The van der Waals surface area contributed by atoms with Gasteiger partial charge in [-0.1, -0.05) is 17.7 Å². The largest absolute Gasteiger partial charge is 0.332 e. The summed E-state index contributed by atoms with van der Waals surface area (Å²) in [5.74, 6) is -0.259. The number of halogens is 1. The number of benzene rings is 1. The summed E-state index contributed by atoms with van der Waals surface area (Å²) in [6, 6.07) is 13.4. The summed E-state index contributed by atoms with van der Waals surface area (Å²) >= 11 is 7.32. The first-order valence-corrected chi connectivity index (χ1v) is 9.70. The third-order valence-electron chi connectivity index (χ3n) is 4.35. The first kappa shape index (κ1) is 18.3. The maximum atomic E-state index is 13.1. The zero-order valence-electron chi connectivity index (χ0n) is 14.5. The Morgan fingerprint density at radius 1 is 1.04 bits per heavy atom. The fraction of sp³-hybridized carbons (Fsp3) is 0.100. The highest BCUT2D eigenvalue weighted by molar-refractivity contribution is 7.09. The van der Waals surface area contributed by atoms with Crippen LogP contribution >= 0.6 is 22.9 Å². The van der Waals surface area contributed by atoms with Crippen molar-refractivity contribution in [1.29, 1.82) is 0 Å². The molecule has 28 heavy (non-hydrogen) atoms. The molecule has 4 rings (SSSR count). The second-order valence-electron chi connectivity index (χ2n) is 6.14. The molecule has 0 saturated carbocycles. The topological polar surface area (TPSA) is 74.0 Å². The van der Waals surface area contributed by atoms with Crippen molar-refractivity contribution in [2.45, 2.75) is 13.1 Å². The zero-order chi connectivity index (χ0) is 19.7. The highest BCUT2D eigenvalue weighted by Gasteiger charge is 2.17. The molecular formula is C20H14ClN3O3S. The lowest BCUT2D eigenvalue weighted by Crippen LogP contribution is -2.41. The fourth-order valence-electron chi connectivity index (χ4n) is 2.96. The summed E-state index contributed by atoms with van der Waals surface area (Å²) in [5, 5.41) is 2.40. The Hall–Kier alpha value is -3.03. The molecule has 0 amide bonds. The molecule has 0 spiro atoms. The molecule has 0 saturated heterocycles. The molecule has 0 radical (unpaired) electrons. The standard InChI is InChI=1S/C20H14ClN3O3S/c21-14-7-5-13(6-8-14)17(25)12-23-16-4-1-9-22-18(16)19(26)24(20(23)27)11-15-3-2-10-28-15/h1-10H,11-12H2. The number of Topliss-reactive ketones (excluding diaryl/α,β-unsaturated/α-hetero) is 1. The molecule has 3 aromatic heterocycles. The summed E-state index contributed by atoms with van der Waals surface area (Å²) in [6.07, 6.45) is 1.50. The van der Waals surface area contributed by atoms with Gasteiger partial charge in [0.2, 0.25) is 0 Å². The van der Waals surface area contributed by atoms with Crippen molar-refractivity contribution >= 4 is 39.8 Å². The second kappa shape index (κ2) is 7.53. The van der Waals surface area contributed by atoms with Crippen molar-refractivity contribution in [2.75, 3.05) is 0 Å². The molecule has 6 nitrogen and oxygen atoms in total. The van der Waals surface area contributed by atoms with E-state index in [1.807, 2.05) is 17.5 Å². The van der Waals surface area contributed by atoms with E-state index in [4.69, 9.17) is 11.6 Å². The smallest absolute Gasteiger partial charge is 0.292 e. The normalized spacial score (nSPS) is 11.0. The number of pyridine rings is 1. The third-order valence-corrected chi connectivity index (χ3v) is 5.46. The lowest BCUT2D eigenvalue weighted by atomic mass is 10.1. The molecule has 0 fully saturated rings. The Labute approximate surface area is 168 Å². The predicted octanol–water partition coefficient (Wildman–Crippen LogP) is 3.20. The van der Waals surface area contributed by atoms with Gasteiger partial charge in [0, 0.05) is 21.7 Å². The predicted molar refractivity (Wildman–Crippen MR) is 109 cm³/mol. The van der Waals surface area contributed by atoms with Crippen LogP contribution in [0.1, 0.15) is 15.2 Å². The Morgan fingerprint density at radius 3 is 2.54 bits per heavy atom. The van der Waals surface area contributed by atoms with Gasteiger partial charge in [-0.3, -0.25) is 18.7 Å². The molecule has 0 unspecified atom stereocenters. The van der Waals surface area contributed by atoms with Crippen molar-refractivity contribution in [3.63, 3.8) is 0 Å². The van der Waals surface area contributed by atoms with E-state index in [1.165, 1.54) is 22.1 Å². The highest BCUT2D eigenvalue weighted by Crippen LogP contribution is 2.13. The number of nitrogens with zero attached hydrogens (tertiary/aromatic N) is 3. The average molecular weight is 412 g/mol. The number of thiophene rings is 1. The van der Waals surface area contributed by atoms with Crippen LogP contribution in [-0.2, 0) is 13.1 Å². The maximum Gasteiger partial charge on any atom is 0.332 e. The van der Waals surface area contributed by atoms with Gasteiger partial charge in [-0.2, -0.15) is 0 Å². The minimum atomic E-state index is -0.541. The molecule has 4 aromatic rings. The minimum Gasteiger partial charge on any atom is -0.292 e. The molecule has 0 aliphatic rings. The first-order valence-electron chi connectivity index (χ1n) is 8.44. The van der Waals surface area contributed by atoms with Gasteiger partial charge in [0.15, 0.2) is 11.3 Å². The van der Waals surface area contributed by atoms with E-state index in [0.29, 0.717) is 16.1 Å². The number of hydrogen-bond donors (Lipinski definition) is 0. The molecule has 8 heteroatoms. The van der Waals surface area contributed by atoms with Crippen molar-refractivity contribution in [2.24, 2.45) is 0 Å². The fourth-order valence-corrected chi connectivity index (χ4v) is 3.78. The van der Waals surface area contributed by atoms with Crippen molar-refractivity contribution in [1.82, 2.24) is 14.1 Å². The Balaban J connectivity index is 1.84. The van der Waals surface area contributed by atoms with Crippen LogP contribution in [0.3, 0.4) is 0 Å². The van der Waals surface area contributed by atoms with Gasteiger partial charge in [-0.05, 0) is 47.8 Å². The molecule has 0 N–H and O–H groups in total. The SMILES string of the molecule is O=C(Cn1c(=O)n(Cc2cccs2)c(=O)c2ncccc21)c1ccc(Cl)cc1. The lowest BCUT2D eigenvalue weighted by Gasteiger charge is -2.13. The van der Waals surface area contributed by atoms with Crippen LogP contribution in [0.5, 0.6) is 0 Å². The van der Waals surface area contributed by atoms with Gasteiger partial charge in [-0.25, -0.2) is 9.78 Å². The zero-order valence-corrected chi connectivity index (χ0v) is 16.1. The Morgan fingerprint density at radius 2 is 1.82 bits per heavy atom. The highest BCUT2D eigenvalue weighted by atomic mass is 35.5. The van der Waals surface area contributed by atoms with Gasteiger partial charge in [0.1, 0.15) is 0 Å². The van der Waals surface area contributed by atoms with Crippen LogP contribution in [0, 0.1) is 0 Å². The molecule has 140 valence electrons. The number of ketones is 1. The first-order chi connectivity index (χ1) is 13.5. The van der Waals surface area contributed by atoms with Gasteiger partial charge in [0.05, 0.1) is 18.6 Å². The van der Waals surface area contributed by atoms with Crippen molar-refractivity contribution in [3.8, 4) is 0 Å². The van der Waals surface area contributed by atoms with Crippen LogP contribution in [0.4, 0.5) is 0 Å². The van der Waals surface area contributed by atoms with Crippen LogP contribution in [0.15, 0.2) is 69.7 Å². The summed E-state index contributed by atoms with van der Waals surface area (Å²) in [5.41, 5.74) is -0.0837. The minimum absolute atomic E-state index is 0.136. The number of hydrogen-bond acceptors (Lipinski definition) is 5. The molecule has 3 heterocycles. The lowest BCUT2D eigenvalue weighted by molar-refractivity contribution is 0.0971. The van der Waals surface area contributed by atoms with E-state index in [9.17, 15) is 14.4 Å². The monoisotopic (exact) mass is 411 g/mol. The van der Waals surface area contributed by atoms with E-state index in [2.05, 4.69) is 4.98 Å². The Kier molecular flexibility index (Phi) is 4.93. The molecule has 0 aliphatic carbocycles. The van der Waals surface area contributed by atoms with Crippen LogP contribution < -0.4 is 11.2 Å². The van der Waals surface area contributed by atoms with E-state index in [-0.39, 0.29) is 24.4 Å². The van der Waals surface area contributed by atoms with Gasteiger partial charge >= 0.3 is 5.69 Å². The Bertz CT molecular complexity index is 1280. The van der Waals surface area contributed by atoms with E-state index in [0.717, 1.165) is 9.44 Å². The van der Waals surface area contributed by atoms with Gasteiger partial charge in [0.25, 0.3) is 5.56 Å². The van der Waals surface area contributed by atoms with E-state index >= 15 is 0 Å². The van der Waals surface area contributed by atoms with Gasteiger partial charge in [-0.15, -0.1) is 11.3 Å². The molecular weight excluding hydrogens is 398 g/mol. The number of rotatable bonds is 5. The van der Waals surface area contributed by atoms with Crippen molar-refractivity contribution < 1.29 is 4.79 Å². The quantitative estimate of drug-likeness (QED) is 0.473. The molecule has 0 aliphatic heterocycles. The van der Waals surface area contributed by atoms with Crippen molar-refractivity contribution in [3.05, 3.63) is 96.4 Å². The summed E-state index contributed by atoms with van der Waals surface area (Å²) in [4.78, 5) is 43.6. The van der Waals surface area contributed by atoms with Crippen LogP contribution in [0.2, 0.25) is 5.02 Å². The number of carbonyl (C=O) groups excluding carboxylic acids is 1.